The molecule has 0 radical (unpaired) electrons. The summed E-state index contributed by atoms with van der Waals surface area (Å²) in [4.78, 5) is 20.3. The summed E-state index contributed by atoms with van der Waals surface area (Å²) in [5, 5.41) is 11.1. The fraction of sp³-hybridized carbons (Fsp3) is 0.611. The van der Waals surface area contributed by atoms with Crippen LogP contribution in [-0.2, 0) is 10.3 Å². The molecule has 4 heterocycles. The Labute approximate surface area is 152 Å². The van der Waals surface area contributed by atoms with Crippen LogP contribution in [0.15, 0.2) is 23.8 Å². The summed E-state index contributed by atoms with van der Waals surface area (Å²) in [7, 11) is 0. The molecule has 2 aliphatic heterocycles. The van der Waals surface area contributed by atoms with Crippen molar-refractivity contribution in [1.29, 1.82) is 0 Å². The average molecular weight is 359 g/mol. The molecule has 0 bridgehead atoms. The summed E-state index contributed by atoms with van der Waals surface area (Å²) in [6, 6.07) is 1.91. The lowest BCUT2D eigenvalue weighted by molar-refractivity contribution is -0.144. The lowest BCUT2D eigenvalue weighted by Gasteiger charge is -2.42. The second-order valence-electron chi connectivity index (χ2n) is 7.15. The largest absolute Gasteiger partial charge is 0.340 e. The van der Waals surface area contributed by atoms with Gasteiger partial charge in [0.2, 0.25) is 0 Å². The average Bonchev–Trinajstić information content (AvgIpc) is 3.34. The van der Waals surface area contributed by atoms with Crippen molar-refractivity contribution in [3.63, 3.8) is 0 Å². The van der Waals surface area contributed by atoms with Gasteiger partial charge in [-0.2, -0.15) is 5.10 Å². The quantitative estimate of drug-likeness (QED) is 0.912. The number of carbonyl (C=O) groups is 1. The first-order valence-electron chi connectivity index (χ1n) is 9.11. The van der Waals surface area contributed by atoms with E-state index < -0.39 is 5.54 Å². The van der Waals surface area contributed by atoms with Gasteiger partial charge in [0.05, 0.1) is 5.01 Å². The third-order valence-corrected chi connectivity index (χ3v) is 6.59. The molecule has 1 unspecified atom stereocenters. The van der Waals surface area contributed by atoms with E-state index in [0.717, 1.165) is 57.6 Å². The highest BCUT2D eigenvalue weighted by molar-refractivity contribution is 7.09. The molecular weight excluding hydrogens is 334 g/mol. The zero-order valence-corrected chi connectivity index (χ0v) is 15.5. The molecule has 2 aromatic rings. The molecule has 0 aromatic carbocycles. The van der Waals surface area contributed by atoms with Crippen LogP contribution in [0.2, 0.25) is 0 Å². The van der Waals surface area contributed by atoms with Gasteiger partial charge < -0.3 is 10.2 Å². The van der Waals surface area contributed by atoms with Gasteiger partial charge in [0.15, 0.2) is 0 Å². The predicted octanol–water partition coefficient (Wildman–Crippen LogP) is 2.13. The maximum Gasteiger partial charge on any atom is 0.250 e. The smallest absolute Gasteiger partial charge is 0.250 e. The Kier molecular flexibility index (Phi) is 4.60. The Balaban J connectivity index is 1.57. The summed E-state index contributed by atoms with van der Waals surface area (Å²) in [6.45, 7) is 5.37. The SMILES string of the molecule is Cc1csc(C2CCCN(C(=O)C3(n4cccn4)CCNCC3)C2)n1. The van der Waals surface area contributed by atoms with Crippen molar-refractivity contribution in [1.82, 2.24) is 25.0 Å². The van der Waals surface area contributed by atoms with Crippen molar-refractivity contribution >= 4 is 17.2 Å². The van der Waals surface area contributed by atoms with Gasteiger partial charge >= 0.3 is 0 Å². The molecule has 25 heavy (non-hydrogen) atoms. The van der Waals surface area contributed by atoms with Gasteiger partial charge in [-0.25, -0.2) is 4.98 Å². The molecule has 0 aliphatic carbocycles. The molecule has 4 rings (SSSR count). The Morgan fingerprint density at radius 3 is 2.92 bits per heavy atom. The van der Waals surface area contributed by atoms with Gasteiger partial charge in [0, 0.05) is 42.5 Å². The van der Waals surface area contributed by atoms with Crippen LogP contribution < -0.4 is 5.32 Å². The van der Waals surface area contributed by atoms with E-state index in [4.69, 9.17) is 0 Å². The number of piperidine rings is 2. The van der Waals surface area contributed by atoms with E-state index in [1.54, 1.807) is 17.5 Å². The second kappa shape index (κ2) is 6.88. The Hall–Kier alpha value is -1.73. The molecule has 0 spiro atoms. The number of amides is 1. The normalized spacial score (nSPS) is 23.6. The van der Waals surface area contributed by atoms with Crippen LogP contribution >= 0.6 is 11.3 Å². The number of nitrogens with one attached hydrogen (secondary N) is 1. The van der Waals surface area contributed by atoms with E-state index in [1.807, 2.05) is 23.9 Å². The highest BCUT2D eigenvalue weighted by Crippen LogP contribution is 2.34. The van der Waals surface area contributed by atoms with Crippen LogP contribution in [0.3, 0.4) is 0 Å². The molecule has 134 valence electrons. The van der Waals surface area contributed by atoms with Crippen LogP contribution in [0.5, 0.6) is 0 Å². The molecule has 6 nitrogen and oxygen atoms in total. The third-order valence-electron chi connectivity index (χ3n) is 5.47. The predicted molar refractivity (Wildman–Crippen MR) is 97.7 cm³/mol. The van der Waals surface area contributed by atoms with E-state index in [0.29, 0.717) is 5.92 Å². The number of aryl methyl sites for hydroxylation is 1. The summed E-state index contributed by atoms with van der Waals surface area (Å²) < 4.78 is 1.90. The first kappa shape index (κ1) is 16.7. The van der Waals surface area contributed by atoms with Crippen molar-refractivity contribution in [3.8, 4) is 0 Å². The minimum atomic E-state index is -0.532. The van der Waals surface area contributed by atoms with Gasteiger partial charge in [-0.1, -0.05) is 0 Å². The minimum absolute atomic E-state index is 0.232. The minimum Gasteiger partial charge on any atom is -0.340 e. The fourth-order valence-electron chi connectivity index (χ4n) is 4.12. The third kappa shape index (κ3) is 3.11. The van der Waals surface area contributed by atoms with E-state index in [2.05, 4.69) is 25.7 Å². The number of aromatic nitrogens is 3. The Morgan fingerprint density at radius 1 is 1.40 bits per heavy atom. The fourth-order valence-corrected chi connectivity index (χ4v) is 5.05. The maximum absolute atomic E-state index is 13.6. The number of nitrogens with zero attached hydrogens (tertiary/aromatic N) is 4. The molecule has 7 heteroatoms. The summed E-state index contributed by atoms with van der Waals surface area (Å²) in [5.74, 6) is 0.600. The van der Waals surface area contributed by atoms with Crippen LogP contribution in [0.1, 0.15) is 42.3 Å². The van der Waals surface area contributed by atoms with Crippen LogP contribution in [-0.4, -0.2) is 51.8 Å². The number of likely N-dealkylation sites (tertiary alicyclic amines) is 1. The topological polar surface area (TPSA) is 63.1 Å². The zero-order chi connectivity index (χ0) is 17.3. The first-order valence-corrected chi connectivity index (χ1v) is 9.99. The molecular formula is C18H25N5OS. The Bertz CT molecular complexity index is 720. The van der Waals surface area contributed by atoms with Crippen molar-refractivity contribution in [2.45, 2.75) is 44.1 Å². The number of rotatable bonds is 3. The summed E-state index contributed by atoms with van der Waals surface area (Å²) in [6.07, 6.45) is 7.47. The monoisotopic (exact) mass is 359 g/mol. The van der Waals surface area contributed by atoms with Gasteiger partial charge in [0.1, 0.15) is 5.54 Å². The Morgan fingerprint density at radius 2 is 2.24 bits per heavy atom. The number of hydrogen-bond donors (Lipinski definition) is 1. The van der Waals surface area contributed by atoms with Crippen molar-refractivity contribution in [3.05, 3.63) is 34.5 Å². The van der Waals surface area contributed by atoms with Gasteiger partial charge in [-0.05, 0) is 51.8 Å². The lowest BCUT2D eigenvalue weighted by Crippen LogP contribution is -2.57. The van der Waals surface area contributed by atoms with Gasteiger partial charge in [-0.3, -0.25) is 9.48 Å². The van der Waals surface area contributed by atoms with Crippen LogP contribution in [0.25, 0.3) is 0 Å². The van der Waals surface area contributed by atoms with Gasteiger partial charge in [-0.15, -0.1) is 11.3 Å². The molecule has 1 N–H and O–H groups in total. The number of hydrogen-bond acceptors (Lipinski definition) is 5. The highest BCUT2D eigenvalue weighted by atomic mass is 32.1. The van der Waals surface area contributed by atoms with Crippen LogP contribution in [0.4, 0.5) is 0 Å². The molecule has 1 amide bonds. The summed E-state index contributed by atoms with van der Waals surface area (Å²) >= 11 is 1.73. The van der Waals surface area contributed by atoms with Crippen molar-refractivity contribution in [2.24, 2.45) is 0 Å². The van der Waals surface area contributed by atoms with Crippen LogP contribution in [0, 0.1) is 6.92 Å². The number of carbonyl (C=O) groups excluding carboxylic acids is 1. The molecule has 2 saturated heterocycles. The molecule has 2 fully saturated rings. The van der Waals surface area contributed by atoms with E-state index in [-0.39, 0.29) is 5.91 Å². The van der Waals surface area contributed by atoms with Crippen molar-refractivity contribution < 1.29 is 4.79 Å². The van der Waals surface area contributed by atoms with E-state index >= 15 is 0 Å². The molecule has 2 aromatic heterocycles. The number of thiazole rings is 1. The van der Waals surface area contributed by atoms with Gasteiger partial charge in [0.25, 0.3) is 5.91 Å². The van der Waals surface area contributed by atoms with E-state index in [9.17, 15) is 4.79 Å². The highest BCUT2D eigenvalue weighted by Gasteiger charge is 2.45. The zero-order valence-electron chi connectivity index (χ0n) is 14.6. The van der Waals surface area contributed by atoms with Crippen molar-refractivity contribution in [2.75, 3.05) is 26.2 Å². The molecule has 2 aliphatic rings. The summed E-state index contributed by atoms with van der Waals surface area (Å²) in [5.41, 5.74) is 0.546. The maximum atomic E-state index is 13.6. The first-order chi connectivity index (χ1) is 12.2. The molecule has 0 saturated carbocycles. The second-order valence-corrected chi connectivity index (χ2v) is 8.04. The van der Waals surface area contributed by atoms with E-state index in [1.165, 1.54) is 5.01 Å². The lowest BCUT2D eigenvalue weighted by atomic mass is 9.85. The standard InChI is InChI=1S/C18H25N5OS/c1-14-13-25-16(21-14)15-4-2-10-22(12-15)17(24)18(5-8-19-9-6-18)23-11-3-7-20-23/h3,7,11,13,15,19H,2,4-6,8-10,12H2,1H3. The molecule has 1 atom stereocenters.